The summed E-state index contributed by atoms with van der Waals surface area (Å²) in [5.41, 5.74) is 3.56. The van der Waals surface area contributed by atoms with Gasteiger partial charge >= 0.3 is 0 Å². The van der Waals surface area contributed by atoms with Gasteiger partial charge in [0.05, 0.1) is 5.56 Å². The van der Waals surface area contributed by atoms with Crippen LogP contribution in [0, 0.1) is 5.92 Å². The maximum Gasteiger partial charge on any atom is 0.252 e. The van der Waals surface area contributed by atoms with E-state index in [-0.39, 0.29) is 11.9 Å². The highest BCUT2D eigenvalue weighted by Crippen LogP contribution is 2.32. The predicted octanol–water partition coefficient (Wildman–Crippen LogP) is 4.62. The van der Waals surface area contributed by atoms with Crippen molar-refractivity contribution in [2.24, 2.45) is 5.92 Å². The fourth-order valence-electron chi connectivity index (χ4n) is 3.27. The molecule has 0 spiro atoms. The van der Waals surface area contributed by atoms with Crippen LogP contribution in [-0.2, 0) is 19.3 Å². The number of carbonyl (C=O) groups is 1. The molecule has 0 radical (unpaired) electrons. The average Bonchev–Trinajstić information content (AvgIpc) is 2.97. The maximum absolute atomic E-state index is 12.6. The van der Waals surface area contributed by atoms with Crippen LogP contribution in [0.15, 0.2) is 35.7 Å². The molecule has 2 aromatic rings. The van der Waals surface area contributed by atoms with Crippen molar-refractivity contribution in [3.63, 3.8) is 0 Å². The van der Waals surface area contributed by atoms with Gasteiger partial charge in [0.1, 0.15) is 0 Å². The molecular formula is C20H25NOS. The number of carbonyl (C=O) groups excluding carboxylic acids is 1. The van der Waals surface area contributed by atoms with Gasteiger partial charge in [-0.1, -0.05) is 37.3 Å². The summed E-state index contributed by atoms with van der Waals surface area (Å²) in [6.45, 7) is 4.40. The first-order valence-corrected chi connectivity index (χ1v) is 9.45. The molecule has 1 heterocycles. The van der Waals surface area contributed by atoms with Crippen LogP contribution in [0.4, 0.5) is 0 Å². The molecule has 3 heteroatoms. The quantitative estimate of drug-likeness (QED) is 0.853. The molecule has 1 aliphatic carbocycles. The highest BCUT2D eigenvalue weighted by Gasteiger charge is 2.23. The van der Waals surface area contributed by atoms with Crippen molar-refractivity contribution in [2.45, 2.75) is 52.0 Å². The van der Waals surface area contributed by atoms with E-state index in [1.54, 1.807) is 11.3 Å². The van der Waals surface area contributed by atoms with E-state index in [4.69, 9.17) is 0 Å². The van der Waals surface area contributed by atoms with Crippen LogP contribution in [0.5, 0.6) is 0 Å². The summed E-state index contributed by atoms with van der Waals surface area (Å²) in [7, 11) is 0. The topological polar surface area (TPSA) is 29.1 Å². The third kappa shape index (κ3) is 4.03. The number of benzene rings is 1. The van der Waals surface area contributed by atoms with Crippen LogP contribution in [0.1, 0.15) is 53.1 Å². The summed E-state index contributed by atoms with van der Waals surface area (Å²) in [6.07, 6.45) is 5.37. The summed E-state index contributed by atoms with van der Waals surface area (Å²) in [4.78, 5) is 14.0. The largest absolute Gasteiger partial charge is 0.350 e. The Labute approximate surface area is 142 Å². The van der Waals surface area contributed by atoms with Crippen molar-refractivity contribution in [1.29, 1.82) is 0 Å². The third-order valence-electron chi connectivity index (χ3n) is 4.73. The average molecular weight is 327 g/mol. The second kappa shape index (κ2) is 7.31. The Morgan fingerprint density at radius 2 is 2.13 bits per heavy atom. The zero-order valence-electron chi connectivity index (χ0n) is 14.0. The van der Waals surface area contributed by atoms with Crippen LogP contribution in [0.2, 0.25) is 0 Å². The standard InChI is InChI=1S/C20H25NOS/c1-14-8-11-17-18(13-23-19(17)12-14)20(22)21-15(2)9-10-16-6-4-3-5-7-16/h3-7,13-15H,8-12H2,1-2H3,(H,21,22)/t14-,15+/m1/s1. The number of hydrogen-bond acceptors (Lipinski definition) is 2. The van der Waals surface area contributed by atoms with Crippen molar-refractivity contribution in [3.05, 3.63) is 57.3 Å². The fourth-order valence-corrected chi connectivity index (χ4v) is 4.51. The van der Waals surface area contributed by atoms with E-state index in [0.717, 1.165) is 37.2 Å². The maximum atomic E-state index is 12.6. The third-order valence-corrected chi connectivity index (χ3v) is 5.78. The Morgan fingerprint density at radius 1 is 1.35 bits per heavy atom. The van der Waals surface area contributed by atoms with Gasteiger partial charge in [-0.3, -0.25) is 4.79 Å². The van der Waals surface area contributed by atoms with E-state index >= 15 is 0 Å². The molecule has 2 nitrogen and oxygen atoms in total. The minimum absolute atomic E-state index is 0.109. The molecule has 0 fully saturated rings. The van der Waals surface area contributed by atoms with Crippen molar-refractivity contribution in [3.8, 4) is 0 Å². The first-order chi connectivity index (χ1) is 11.1. The van der Waals surface area contributed by atoms with E-state index in [1.165, 1.54) is 22.4 Å². The Morgan fingerprint density at radius 3 is 2.91 bits per heavy atom. The van der Waals surface area contributed by atoms with Crippen LogP contribution < -0.4 is 5.32 Å². The van der Waals surface area contributed by atoms with Gasteiger partial charge in [0.2, 0.25) is 0 Å². The molecule has 1 aliphatic rings. The highest BCUT2D eigenvalue weighted by molar-refractivity contribution is 7.10. The summed E-state index contributed by atoms with van der Waals surface area (Å²) in [5, 5.41) is 5.24. The second-order valence-corrected chi connectivity index (χ2v) is 7.76. The van der Waals surface area contributed by atoms with Gasteiger partial charge in [0.25, 0.3) is 5.91 Å². The van der Waals surface area contributed by atoms with E-state index in [1.807, 2.05) is 6.07 Å². The second-order valence-electron chi connectivity index (χ2n) is 6.80. The summed E-state index contributed by atoms with van der Waals surface area (Å²) in [6, 6.07) is 10.7. The number of hydrogen-bond donors (Lipinski definition) is 1. The number of fused-ring (bicyclic) bond motifs is 1. The number of nitrogens with one attached hydrogen (secondary N) is 1. The molecule has 23 heavy (non-hydrogen) atoms. The first-order valence-electron chi connectivity index (χ1n) is 8.57. The van der Waals surface area contributed by atoms with Crippen molar-refractivity contribution >= 4 is 17.2 Å². The smallest absolute Gasteiger partial charge is 0.252 e. The summed E-state index contributed by atoms with van der Waals surface area (Å²) in [5.74, 6) is 0.861. The van der Waals surface area contributed by atoms with E-state index in [0.29, 0.717) is 0 Å². The van der Waals surface area contributed by atoms with Gasteiger partial charge in [0.15, 0.2) is 0 Å². The molecule has 122 valence electrons. The molecule has 0 unspecified atom stereocenters. The lowest BCUT2D eigenvalue weighted by atomic mass is 9.88. The number of amides is 1. The Kier molecular flexibility index (Phi) is 5.16. The molecule has 2 atom stereocenters. The lowest BCUT2D eigenvalue weighted by molar-refractivity contribution is 0.0937. The van der Waals surface area contributed by atoms with Crippen molar-refractivity contribution < 1.29 is 4.79 Å². The minimum Gasteiger partial charge on any atom is -0.350 e. The van der Waals surface area contributed by atoms with E-state index in [2.05, 4.69) is 48.8 Å². The van der Waals surface area contributed by atoms with Gasteiger partial charge in [-0.05, 0) is 56.1 Å². The molecule has 1 N–H and O–H groups in total. The minimum atomic E-state index is 0.109. The zero-order chi connectivity index (χ0) is 16.2. The molecule has 0 saturated heterocycles. The summed E-state index contributed by atoms with van der Waals surface area (Å²) < 4.78 is 0. The van der Waals surface area contributed by atoms with E-state index < -0.39 is 0 Å². The molecule has 1 aromatic carbocycles. The molecule has 1 amide bonds. The molecule has 0 bridgehead atoms. The number of rotatable bonds is 5. The molecule has 0 aliphatic heterocycles. The first kappa shape index (κ1) is 16.3. The number of thiophene rings is 1. The zero-order valence-corrected chi connectivity index (χ0v) is 14.8. The SMILES string of the molecule is C[C@@H]1CCc2c(C(=O)N[C@@H](C)CCc3ccccc3)csc2C1. The molecular weight excluding hydrogens is 302 g/mol. The Hall–Kier alpha value is -1.61. The highest BCUT2D eigenvalue weighted by atomic mass is 32.1. The monoisotopic (exact) mass is 327 g/mol. The van der Waals surface area contributed by atoms with Crippen LogP contribution in [0.3, 0.4) is 0 Å². The molecule has 0 saturated carbocycles. The number of aryl methyl sites for hydroxylation is 1. The van der Waals surface area contributed by atoms with Gasteiger partial charge in [-0.25, -0.2) is 0 Å². The predicted molar refractivity (Wildman–Crippen MR) is 97.2 cm³/mol. The lowest BCUT2D eigenvalue weighted by Gasteiger charge is -2.19. The normalized spacial score (nSPS) is 18.3. The van der Waals surface area contributed by atoms with Crippen LogP contribution in [0.25, 0.3) is 0 Å². The van der Waals surface area contributed by atoms with Gasteiger partial charge in [-0.15, -0.1) is 11.3 Å². The Balaban J connectivity index is 1.57. The summed E-state index contributed by atoms with van der Waals surface area (Å²) >= 11 is 1.76. The van der Waals surface area contributed by atoms with Crippen LogP contribution in [-0.4, -0.2) is 11.9 Å². The van der Waals surface area contributed by atoms with Gasteiger partial charge < -0.3 is 5.32 Å². The van der Waals surface area contributed by atoms with Crippen molar-refractivity contribution in [2.75, 3.05) is 0 Å². The van der Waals surface area contributed by atoms with Gasteiger partial charge in [-0.2, -0.15) is 0 Å². The van der Waals surface area contributed by atoms with E-state index in [9.17, 15) is 4.79 Å². The van der Waals surface area contributed by atoms with Gasteiger partial charge in [0, 0.05) is 16.3 Å². The molecule has 3 rings (SSSR count). The van der Waals surface area contributed by atoms with Crippen LogP contribution >= 0.6 is 11.3 Å². The Bertz CT molecular complexity index is 662. The lowest BCUT2D eigenvalue weighted by Crippen LogP contribution is -2.33. The molecule has 1 aromatic heterocycles. The fraction of sp³-hybridized carbons (Fsp3) is 0.450. The van der Waals surface area contributed by atoms with Crippen molar-refractivity contribution in [1.82, 2.24) is 5.32 Å².